The fourth-order valence-electron chi connectivity index (χ4n) is 0.393. The molecule has 1 aliphatic rings. The average molecular weight is 195 g/mol. The quantitative estimate of drug-likeness (QED) is 0.397. The van der Waals surface area contributed by atoms with Gasteiger partial charge in [0, 0.05) is 0 Å². The minimum atomic E-state index is -0.918. The van der Waals surface area contributed by atoms with Crippen molar-refractivity contribution in [2.75, 3.05) is 6.61 Å². The molecule has 0 bridgehead atoms. The highest BCUT2D eigenvalue weighted by molar-refractivity contribution is 9.09. The van der Waals surface area contributed by atoms with Gasteiger partial charge in [-0.15, -0.1) is 0 Å². The number of hydrogen-bond donors (Lipinski definition) is 0. The van der Waals surface area contributed by atoms with Crippen molar-refractivity contribution in [3.05, 3.63) is 0 Å². The number of hydrogen-bond acceptors (Lipinski definition) is 4. The second-order valence-corrected chi connectivity index (χ2v) is 2.25. The Bertz CT molecular complexity index is 155. The minimum absolute atomic E-state index is 0.277. The van der Waals surface area contributed by atoms with Gasteiger partial charge in [-0.3, -0.25) is 0 Å². The molecule has 5 heteroatoms. The predicted octanol–water partition coefficient (Wildman–Crippen LogP) is -0.193. The summed E-state index contributed by atoms with van der Waals surface area (Å²) >= 11 is 2.78. The van der Waals surface area contributed by atoms with Crippen molar-refractivity contribution in [2.45, 2.75) is 5.01 Å². The monoisotopic (exact) mass is 194 g/mol. The molecule has 0 aromatic carbocycles. The molecular weight excluding hydrogens is 192 g/mol. The highest BCUT2D eigenvalue weighted by Gasteiger charge is 2.27. The number of rotatable bonds is 0. The van der Waals surface area contributed by atoms with Crippen molar-refractivity contribution >= 4 is 27.9 Å². The molecule has 0 saturated carbocycles. The second kappa shape index (κ2) is 2.34. The van der Waals surface area contributed by atoms with Gasteiger partial charge < -0.3 is 9.47 Å². The number of cyclic esters (lactones) is 2. The van der Waals surface area contributed by atoms with Crippen molar-refractivity contribution in [3.8, 4) is 0 Å². The van der Waals surface area contributed by atoms with Gasteiger partial charge in [0.05, 0.1) is 0 Å². The van der Waals surface area contributed by atoms with Crippen LogP contribution in [0.5, 0.6) is 0 Å². The zero-order valence-corrected chi connectivity index (χ0v) is 5.88. The van der Waals surface area contributed by atoms with Gasteiger partial charge in [-0.1, -0.05) is 0 Å². The Balaban J connectivity index is 2.54. The van der Waals surface area contributed by atoms with Gasteiger partial charge in [0.1, 0.15) is 0 Å². The van der Waals surface area contributed by atoms with Crippen LogP contribution in [0.25, 0.3) is 0 Å². The number of ether oxygens (including phenoxy) is 2. The molecule has 0 spiro atoms. The Labute approximate surface area is 59.2 Å². The summed E-state index contributed by atoms with van der Waals surface area (Å²) in [4.78, 5) is 20.7. The summed E-state index contributed by atoms with van der Waals surface area (Å²) < 4.78 is 8.74. The van der Waals surface area contributed by atoms with E-state index < -0.39 is 17.0 Å². The van der Waals surface area contributed by atoms with Crippen molar-refractivity contribution in [1.29, 1.82) is 0 Å². The molecule has 9 heavy (non-hydrogen) atoms. The first-order valence-electron chi connectivity index (χ1n) is 2.20. The zero-order valence-electron chi connectivity index (χ0n) is 4.30. The maximum Gasteiger partial charge on any atom is 0.359 e. The predicted molar refractivity (Wildman–Crippen MR) is 29.8 cm³/mol. The van der Waals surface area contributed by atoms with Crippen molar-refractivity contribution < 1.29 is 19.1 Å². The fourth-order valence-corrected chi connectivity index (χ4v) is 0.734. The lowest BCUT2D eigenvalue weighted by Gasteiger charge is -2.15. The van der Waals surface area contributed by atoms with E-state index in [4.69, 9.17) is 0 Å². The zero-order chi connectivity index (χ0) is 6.85. The van der Waals surface area contributed by atoms with E-state index in [0.29, 0.717) is 0 Å². The number of carbonyl (C=O) groups is 2. The Morgan fingerprint density at radius 3 is 2.67 bits per heavy atom. The molecule has 0 radical (unpaired) electrons. The summed E-state index contributed by atoms with van der Waals surface area (Å²) in [6.07, 6.45) is 0. The van der Waals surface area contributed by atoms with E-state index in [1.165, 1.54) is 0 Å². The summed E-state index contributed by atoms with van der Waals surface area (Å²) in [6.45, 7) is -0.277. The highest BCUT2D eigenvalue weighted by atomic mass is 79.9. The number of alkyl halides is 1. The van der Waals surface area contributed by atoms with Gasteiger partial charge in [-0.25, -0.2) is 9.59 Å². The normalized spacial score (nSPS) is 27.0. The van der Waals surface area contributed by atoms with E-state index >= 15 is 0 Å². The Hall–Kier alpha value is -0.580. The lowest BCUT2D eigenvalue weighted by Crippen LogP contribution is -2.33. The SMILES string of the molecule is O=C1COC(=O)C(Br)O1. The van der Waals surface area contributed by atoms with E-state index in [1.54, 1.807) is 0 Å². The van der Waals surface area contributed by atoms with Gasteiger partial charge in [0.25, 0.3) is 5.01 Å². The van der Waals surface area contributed by atoms with E-state index in [1.807, 2.05) is 0 Å². The fraction of sp³-hybridized carbons (Fsp3) is 0.500. The summed E-state index contributed by atoms with van der Waals surface area (Å²) in [5.74, 6) is -1.09. The van der Waals surface area contributed by atoms with E-state index in [9.17, 15) is 9.59 Å². The van der Waals surface area contributed by atoms with Crippen LogP contribution in [0.2, 0.25) is 0 Å². The lowest BCUT2D eigenvalue weighted by atomic mass is 10.6. The standard InChI is InChI=1S/C4H3BrO4/c5-3-4(7)8-1-2(6)9-3/h3H,1H2. The molecule has 1 unspecified atom stereocenters. The maximum atomic E-state index is 10.4. The first-order valence-corrected chi connectivity index (χ1v) is 3.12. The van der Waals surface area contributed by atoms with Crippen molar-refractivity contribution in [1.82, 2.24) is 0 Å². The highest BCUT2D eigenvalue weighted by Crippen LogP contribution is 2.09. The number of carbonyl (C=O) groups excluding carboxylic acids is 2. The summed E-state index contributed by atoms with van der Waals surface area (Å²) in [7, 11) is 0. The molecular formula is C4H3BrO4. The van der Waals surface area contributed by atoms with Crippen LogP contribution in [0.15, 0.2) is 0 Å². The molecule has 1 aliphatic heterocycles. The third kappa shape index (κ3) is 1.41. The summed E-state index contributed by atoms with van der Waals surface area (Å²) in [6, 6.07) is 0. The third-order valence-corrected chi connectivity index (χ3v) is 1.31. The molecule has 1 saturated heterocycles. The molecule has 1 fully saturated rings. The van der Waals surface area contributed by atoms with Crippen molar-refractivity contribution in [3.63, 3.8) is 0 Å². The minimum Gasteiger partial charge on any atom is -0.450 e. The van der Waals surface area contributed by atoms with Gasteiger partial charge in [0.2, 0.25) is 0 Å². The smallest absolute Gasteiger partial charge is 0.359 e. The molecule has 0 aromatic rings. The Kier molecular flexibility index (Phi) is 1.70. The van der Waals surface area contributed by atoms with Gasteiger partial charge in [-0.05, 0) is 15.9 Å². The molecule has 0 aliphatic carbocycles. The van der Waals surface area contributed by atoms with Crippen LogP contribution in [0.1, 0.15) is 0 Å². The third-order valence-electron chi connectivity index (χ3n) is 0.753. The molecule has 1 heterocycles. The molecule has 0 amide bonds. The van der Waals surface area contributed by atoms with Crippen LogP contribution < -0.4 is 0 Å². The molecule has 1 atom stereocenters. The average Bonchev–Trinajstić information content (AvgIpc) is 1.80. The first kappa shape index (κ1) is 6.54. The van der Waals surface area contributed by atoms with Gasteiger partial charge in [0.15, 0.2) is 6.61 Å². The second-order valence-electron chi connectivity index (χ2n) is 1.41. The lowest BCUT2D eigenvalue weighted by molar-refractivity contribution is -0.177. The number of esters is 2. The first-order chi connectivity index (χ1) is 4.20. The van der Waals surface area contributed by atoms with Gasteiger partial charge in [-0.2, -0.15) is 0 Å². The van der Waals surface area contributed by atoms with E-state index in [2.05, 4.69) is 25.4 Å². The van der Waals surface area contributed by atoms with Crippen LogP contribution in [0, 0.1) is 0 Å². The number of halogens is 1. The van der Waals surface area contributed by atoms with E-state index in [0.717, 1.165) is 0 Å². The van der Waals surface area contributed by atoms with Crippen LogP contribution >= 0.6 is 15.9 Å². The summed E-state index contributed by atoms with van der Waals surface area (Å²) in [5, 5.41) is -0.918. The van der Waals surface area contributed by atoms with Crippen molar-refractivity contribution in [2.24, 2.45) is 0 Å². The maximum absolute atomic E-state index is 10.4. The Morgan fingerprint density at radius 2 is 2.22 bits per heavy atom. The van der Waals surface area contributed by atoms with E-state index in [-0.39, 0.29) is 6.61 Å². The van der Waals surface area contributed by atoms with Crippen LogP contribution in [0.4, 0.5) is 0 Å². The summed E-state index contributed by atoms with van der Waals surface area (Å²) in [5.41, 5.74) is 0. The molecule has 0 aromatic heterocycles. The molecule has 4 nitrogen and oxygen atoms in total. The van der Waals surface area contributed by atoms with Crippen LogP contribution in [-0.2, 0) is 19.1 Å². The van der Waals surface area contributed by atoms with Crippen LogP contribution in [0.3, 0.4) is 0 Å². The topological polar surface area (TPSA) is 52.6 Å². The van der Waals surface area contributed by atoms with Crippen LogP contribution in [-0.4, -0.2) is 23.6 Å². The Morgan fingerprint density at radius 1 is 1.56 bits per heavy atom. The largest absolute Gasteiger partial charge is 0.450 e. The molecule has 50 valence electrons. The molecule has 1 rings (SSSR count). The van der Waals surface area contributed by atoms with Gasteiger partial charge >= 0.3 is 11.9 Å². The molecule has 0 N–H and O–H groups in total.